The van der Waals surface area contributed by atoms with Crippen LogP contribution in [0.15, 0.2) is 48.7 Å². The number of aliphatic hydroxyl groups excluding tert-OH is 1. The number of nitrogen functional groups attached to an aromatic ring is 1. The minimum Gasteiger partial charge on any atom is -0.508 e. The van der Waals surface area contributed by atoms with E-state index in [0.29, 0.717) is 16.9 Å². The second-order valence-electron chi connectivity index (χ2n) is 6.02. The molecule has 0 fully saturated rings. The molecule has 0 aliphatic carbocycles. The summed E-state index contributed by atoms with van der Waals surface area (Å²) in [5.74, 6) is 0.190. The quantitative estimate of drug-likeness (QED) is 0.417. The van der Waals surface area contributed by atoms with Gasteiger partial charge in [-0.15, -0.1) is 0 Å². The van der Waals surface area contributed by atoms with Crippen LogP contribution in [0.5, 0.6) is 5.75 Å². The molecule has 0 aliphatic heterocycles. The Morgan fingerprint density at radius 1 is 1.12 bits per heavy atom. The van der Waals surface area contributed by atoms with Crippen LogP contribution in [0.3, 0.4) is 0 Å². The molecule has 1 aromatic heterocycles. The van der Waals surface area contributed by atoms with Gasteiger partial charge in [0.15, 0.2) is 0 Å². The minimum atomic E-state index is -0.170. The first-order valence-corrected chi connectivity index (χ1v) is 8.40. The highest BCUT2D eigenvalue weighted by atomic mass is 16.3. The summed E-state index contributed by atoms with van der Waals surface area (Å²) in [6.45, 7) is 1.88. The number of hydrogen-bond donors (Lipinski definition) is 4. The van der Waals surface area contributed by atoms with Gasteiger partial charge in [0, 0.05) is 34.8 Å². The Morgan fingerprint density at radius 2 is 1.81 bits per heavy atom. The van der Waals surface area contributed by atoms with Gasteiger partial charge in [-0.05, 0) is 47.4 Å². The van der Waals surface area contributed by atoms with E-state index in [0.717, 1.165) is 34.2 Å². The summed E-state index contributed by atoms with van der Waals surface area (Å²) >= 11 is 0. The predicted octanol–water partition coefficient (Wildman–Crippen LogP) is 3.76. The number of nitrogens with one attached hydrogen (secondary N) is 1. The predicted molar refractivity (Wildman–Crippen MR) is 104 cm³/mol. The number of aromatic hydroxyl groups is 1. The lowest BCUT2D eigenvalue weighted by Crippen LogP contribution is -2.02. The lowest BCUT2D eigenvalue weighted by Gasteiger charge is -2.17. The van der Waals surface area contributed by atoms with Gasteiger partial charge in [0.25, 0.3) is 0 Å². The number of nitrogens with zero attached hydrogens (tertiary/aromatic N) is 1. The summed E-state index contributed by atoms with van der Waals surface area (Å²) in [6.07, 6.45) is 3.74. The largest absolute Gasteiger partial charge is 0.508 e. The molecule has 0 spiro atoms. The molecule has 5 nitrogen and oxygen atoms in total. The number of phenols is 1. The Kier molecular flexibility index (Phi) is 5.00. The van der Waals surface area contributed by atoms with Gasteiger partial charge in [0.1, 0.15) is 5.75 Å². The highest BCUT2D eigenvalue weighted by Crippen LogP contribution is 2.35. The molecule has 0 unspecified atom stereocenters. The molecule has 0 saturated carbocycles. The maximum atomic E-state index is 9.78. The van der Waals surface area contributed by atoms with Gasteiger partial charge >= 0.3 is 0 Å². The second-order valence-corrected chi connectivity index (χ2v) is 6.02. The van der Waals surface area contributed by atoms with Gasteiger partial charge in [-0.2, -0.15) is 0 Å². The van der Waals surface area contributed by atoms with Crippen molar-refractivity contribution in [1.29, 1.82) is 5.41 Å². The molecule has 0 amide bonds. The third kappa shape index (κ3) is 3.17. The van der Waals surface area contributed by atoms with Crippen molar-refractivity contribution in [1.82, 2.24) is 4.98 Å². The lowest BCUT2D eigenvalue weighted by molar-refractivity contribution is 0.277. The maximum Gasteiger partial charge on any atom is 0.115 e. The molecule has 2 aromatic carbocycles. The zero-order valence-corrected chi connectivity index (χ0v) is 14.5. The van der Waals surface area contributed by atoms with E-state index in [9.17, 15) is 10.2 Å². The zero-order valence-electron chi connectivity index (χ0n) is 14.5. The van der Waals surface area contributed by atoms with Crippen LogP contribution in [-0.4, -0.2) is 21.4 Å². The first kappa shape index (κ1) is 17.6. The number of phenolic OH excluding ortho intramolecular Hbond substituents is 1. The second kappa shape index (κ2) is 7.37. The molecule has 3 rings (SSSR count). The molecule has 5 N–H and O–H groups in total. The standard InChI is InChI=1S/C21H21N3O2/c1-2-17-18(14-5-8-19(23)15(9-14)10-22)11-24-20(12-25)21(17)13-3-6-16(26)7-4-13/h3-11,22,25-26H,2,12,23H2,1H3. The van der Waals surface area contributed by atoms with E-state index in [1.165, 1.54) is 6.21 Å². The van der Waals surface area contributed by atoms with Gasteiger partial charge < -0.3 is 21.4 Å². The molecular formula is C21H21N3O2. The van der Waals surface area contributed by atoms with E-state index in [1.807, 2.05) is 24.3 Å². The smallest absolute Gasteiger partial charge is 0.115 e. The number of aromatic nitrogens is 1. The highest BCUT2D eigenvalue weighted by molar-refractivity contribution is 5.89. The molecular weight excluding hydrogens is 326 g/mol. The number of benzene rings is 2. The van der Waals surface area contributed by atoms with Crippen molar-refractivity contribution in [2.24, 2.45) is 0 Å². The van der Waals surface area contributed by atoms with Crippen LogP contribution >= 0.6 is 0 Å². The number of aliphatic hydroxyl groups is 1. The summed E-state index contributed by atoms with van der Waals surface area (Å²) < 4.78 is 0. The van der Waals surface area contributed by atoms with E-state index >= 15 is 0 Å². The van der Waals surface area contributed by atoms with E-state index in [2.05, 4.69) is 11.9 Å². The van der Waals surface area contributed by atoms with E-state index < -0.39 is 0 Å². The van der Waals surface area contributed by atoms with Crippen molar-refractivity contribution < 1.29 is 10.2 Å². The Balaban J connectivity index is 2.26. The third-order valence-corrected chi connectivity index (χ3v) is 4.48. The number of rotatable bonds is 5. The van der Waals surface area contributed by atoms with Crippen LogP contribution in [0, 0.1) is 5.41 Å². The first-order chi connectivity index (χ1) is 12.6. The number of pyridine rings is 1. The molecule has 26 heavy (non-hydrogen) atoms. The molecule has 0 radical (unpaired) electrons. The Morgan fingerprint density at radius 3 is 2.42 bits per heavy atom. The van der Waals surface area contributed by atoms with Crippen LogP contribution in [0.4, 0.5) is 5.69 Å². The Hall–Kier alpha value is -3.18. The number of anilines is 1. The van der Waals surface area contributed by atoms with E-state index in [-0.39, 0.29) is 12.4 Å². The van der Waals surface area contributed by atoms with Crippen LogP contribution < -0.4 is 5.73 Å². The van der Waals surface area contributed by atoms with Crippen molar-refractivity contribution >= 4 is 11.9 Å². The summed E-state index contributed by atoms with van der Waals surface area (Å²) in [5, 5.41) is 26.9. The Labute approximate surface area is 152 Å². The highest BCUT2D eigenvalue weighted by Gasteiger charge is 2.16. The van der Waals surface area contributed by atoms with Crippen LogP contribution in [0.2, 0.25) is 0 Å². The Bertz CT molecular complexity index is 950. The number of nitrogens with two attached hydrogens (primary N) is 1. The summed E-state index contributed by atoms with van der Waals surface area (Å²) in [4.78, 5) is 4.46. The normalized spacial score (nSPS) is 10.7. The van der Waals surface area contributed by atoms with Crippen molar-refractivity contribution in [3.8, 4) is 28.0 Å². The van der Waals surface area contributed by atoms with Crippen molar-refractivity contribution in [3.63, 3.8) is 0 Å². The molecule has 0 aliphatic rings. The minimum absolute atomic E-state index is 0.170. The summed E-state index contributed by atoms with van der Waals surface area (Å²) in [6, 6.07) is 12.5. The fraction of sp³-hybridized carbons (Fsp3) is 0.143. The number of hydrogen-bond acceptors (Lipinski definition) is 5. The average molecular weight is 347 g/mol. The molecule has 3 aromatic rings. The fourth-order valence-electron chi connectivity index (χ4n) is 3.17. The monoisotopic (exact) mass is 347 g/mol. The van der Waals surface area contributed by atoms with Crippen molar-refractivity contribution in [3.05, 3.63) is 65.5 Å². The van der Waals surface area contributed by atoms with Crippen LogP contribution in [-0.2, 0) is 13.0 Å². The topological polar surface area (TPSA) is 103 Å². The van der Waals surface area contributed by atoms with Gasteiger partial charge in [-0.25, -0.2) is 0 Å². The van der Waals surface area contributed by atoms with Gasteiger partial charge in [-0.3, -0.25) is 4.98 Å². The maximum absolute atomic E-state index is 9.78. The zero-order chi connectivity index (χ0) is 18.7. The molecule has 0 saturated heterocycles. The van der Waals surface area contributed by atoms with Crippen LogP contribution in [0.1, 0.15) is 23.7 Å². The molecule has 0 bridgehead atoms. The van der Waals surface area contributed by atoms with Crippen molar-refractivity contribution in [2.75, 3.05) is 5.73 Å². The van der Waals surface area contributed by atoms with Crippen molar-refractivity contribution in [2.45, 2.75) is 20.0 Å². The lowest BCUT2D eigenvalue weighted by atomic mass is 9.90. The molecule has 0 atom stereocenters. The fourth-order valence-corrected chi connectivity index (χ4v) is 3.17. The van der Waals surface area contributed by atoms with Gasteiger partial charge in [0.2, 0.25) is 0 Å². The van der Waals surface area contributed by atoms with Gasteiger partial charge in [-0.1, -0.05) is 25.1 Å². The summed E-state index contributed by atoms with van der Waals surface area (Å²) in [7, 11) is 0. The molecule has 1 heterocycles. The third-order valence-electron chi connectivity index (χ3n) is 4.48. The van der Waals surface area contributed by atoms with Gasteiger partial charge in [0.05, 0.1) is 12.3 Å². The summed E-state index contributed by atoms with van der Waals surface area (Å²) in [5.41, 5.74) is 12.4. The first-order valence-electron chi connectivity index (χ1n) is 8.40. The average Bonchev–Trinajstić information content (AvgIpc) is 2.68. The molecule has 5 heteroatoms. The van der Waals surface area contributed by atoms with Crippen LogP contribution in [0.25, 0.3) is 22.3 Å². The van der Waals surface area contributed by atoms with E-state index in [1.54, 1.807) is 24.4 Å². The molecule has 132 valence electrons. The van der Waals surface area contributed by atoms with E-state index in [4.69, 9.17) is 11.1 Å². The SMILES string of the molecule is CCc1c(-c2ccc(N)c(C=N)c2)cnc(CO)c1-c1ccc(O)cc1.